The maximum absolute atomic E-state index is 12.2. The third kappa shape index (κ3) is 3.55. The van der Waals surface area contributed by atoms with E-state index in [0.29, 0.717) is 35.5 Å². The Morgan fingerprint density at radius 2 is 2.22 bits per heavy atom. The Hall–Kier alpha value is -1.89. The summed E-state index contributed by atoms with van der Waals surface area (Å²) in [4.78, 5) is 16.6. The SMILES string of the molecule is CC(C)c1nc2cc(C(=O)NCC3CCS(=O)(=O)C3)ccc2o1. The normalized spacial score (nSPS) is 20.2. The van der Waals surface area contributed by atoms with Gasteiger partial charge in [-0.2, -0.15) is 0 Å². The maximum Gasteiger partial charge on any atom is 0.251 e. The van der Waals surface area contributed by atoms with E-state index in [1.165, 1.54) is 0 Å². The first-order valence-electron chi connectivity index (χ1n) is 7.73. The lowest BCUT2D eigenvalue weighted by molar-refractivity contribution is 0.0948. The second kappa shape index (κ2) is 5.96. The smallest absolute Gasteiger partial charge is 0.251 e. The van der Waals surface area contributed by atoms with Crippen molar-refractivity contribution in [2.75, 3.05) is 18.1 Å². The standard InChI is InChI=1S/C16H20N2O4S/c1-10(2)16-18-13-7-12(3-4-14(13)22-16)15(19)17-8-11-5-6-23(20,21)9-11/h3-4,7,10-11H,5-6,8-9H2,1-2H3,(H,17,19). The fourth-order valence-electron chi connectivity index (χ4n) is 2.71. The van der Waals surface area contributed by atoms with Crippen LogP contribution >= 0.6 is 0 Å². The van der Waals surface area contributed by atoms with Gasteiger partial charge in [-0.05, 0) is 30.5 Å². The van der Waals surface area contributed by atoms with Crippen molar-refractivity contribution >= 4 is 26.8 Å². The van der Waals surface area contributed by atoms with E-state index in [9.17, 15) is 13.2 Å². The molecule has 1 aromatic carbocycles. The topological polar surface area (TPSA) is 89.3 Å². The molecule has 1 aliphatic heterocycles. The van der Waals surface area contributed by atoms with Crippen molar-refractivity contribution in [3.05, 3.63) is 29.7 Å². The Kier molecular flexibility index (Phi) is 4.14. The average molecular weight is 336 g/mol. The molecule has 0 radical (unpaired) electrons. The zero-order valence-electron chi connectivity index (χ0n) is 13.2. The minimum atomic E-state index is -2.92. The lowest BCUT2D eigenvalue weighted by atomic mass is 10.1. The van der Waals surface area contributed by atoms with Crippen LogP contribution in [0, 0.1) is 5.92 Å². The number of oxazole rings is 1. The van der Waals surface area contributed by atoms with Crippen molar-refractivity contribution in [2.24, 2.45) is 5.92 Å². The summed E-state index contributed by atoms with van der Waals surface area (Å²) in [7, 11) is -2.92. The molecule has 3 rings (SSSR count). The molecular formula is C16H20N2O4S. The first kappa shape index (κ1) is 16.0. The molecule has 0 saturated carbocycles. The number of carbonyl (C=O) groups is 1. The highest BCUT2D eigenvalue weighted by atomic mass is 32.2. The van der Waals surface area contributed by atoms with E-state index in [4.69, 9.17) is 4.42 Å². The van der Waals surface area contributed by atoms with E-state index in [2.05, 4.69) is 10.3 Å². The molecule has 124 valence electrons. The highest BCUT2D eigenvalue weighted by molar-refractivity contribution is 7.91. The van der Waals surface area contributed by atoms with Crippen molar-refractivity contribution in [1.82, 2.24) is 10.3 Å². The van der Waals surface area contributed by atoms with Gasteiger partial charge in [0, 0.05) is 18.0 Å². The fourth-order valence-corrected chi connectivity index (χ4v) is 4.57. The molecular weight excluding hydrogens is 316 g/mol. The predicted molar refractivity (Wildman–Crippen MR) is 87.2 cm³/mol. The largest absolute Gasteiger partial charge is 0.440 e. The van der Waals surface area contributed by atoms with Gasteiger partial charge in [-0.3, -0.25) is 4.79 Å². The van der Waals surface area contributed by atoms with Crippen LogP contribution in [-0.2, 0) is 9.84 Å². The Labute approximate surface area is 135 Å². The van der Waals surface area contributed by atoms with Crippen LogP contribution in [0.2, 0.25) is 0 Å². The number of sulfone groups is 1. The third-order valence-electron chi connectivity index (χ3n) is 4.04. The summed E-state index contributed by atoms with van der Waals surface area (Å²) in [6.45, 7) is 4.37. The van der Waals surface area contributed by atoms with Crippen LogP contribution in [0.5, 0.6) is 0 Å². The van der Waals surface area contributed by atoms with Gasteiger partial charge in [-0.15, -0.1) is 0 Å². The van der Waals surface area contributed by atoms with Crippen LogP contribution in [0.15, 0.2) is 22.6 Å². The molecule has 1 aliphatic rings. The van der Waals surface area contributed by atoms with Crippen LogP contribution in [0.3, 0.4) is 0 Å². The molecule has 1 atom stereocenters. The minimum absolute atomic E-state index is 0.00674. The number of nitrogens with zero attached hydrogens (tertiary/aromatic N) is 1. The molecule has 23 heavy (non-hydrogen) atoms. The Balaban J connectivity index is 1.68. The van der Waals surface area contributed by atoms with Crippen molar-refractivity contribution in [3.8, 4) is 0 Å². The summed E-state index contributed by atoms with van der Waals surface area (Å²) >= 11 is 0. The first-order valence-corrected chi connectivity index (χ1v) is 9.55. The number of fused-ring (bicyclic) bond motifs is 1. The summed E-state index contributed by atoms with van der Waals surface area (Å²) in [6, 6.07) is 5.13. The lowest BCUT2D eigenvalue weighted by Crippen LogP contribution is -2.29. The molecule has 1 unspecified atom stereocenters. The number of nitrogens with one attached hydrogen (secondary N) is 1. The van der Waals surface area contributed by atoms with Crippen molar-refractivity contribution in [2.45, 2.75) is 26.2 Å². The monoisotopic (exact) mass is 336 g/mol. The van der Waals surface area contributed by atoms with Crippen LogP contribution in [0.25, 0.3) is 11.1 Å². The first-order chi connectivity index (χ1) is 10.8. The number of rotatable bonds is 4. The van der Waals surface area contributed by atoms with Gasteiger partial charge in [0.25, 0.3) is 5.91 Å². The zero-order chi connectivity index (χ0) is 16.6. The molecule has 1 N–H and O–H groups in total. The van der Waals surface area contributed by atoms with Gasteiger partial charge in [0.15, 0.2) is 21.3 Å². The number of hydrogen-bond donors (Lipinski definition) is 1. The summed E-state index contributed by atoms with van der Waals surface area (Å²) in [5.74, 6) is 0.999. The summed E-state index contributed by atoms with van der Waals surface area (Å²) in [5, 5.41) is 2.81. The fraction of sp³-hybridized carbons (Fsp3) is 0.500. The number of carbonyl (C=O) groups excluding carboxylic acids is 1. The van der Waals surface area contributed by atoms with Crippen molar-refractivity contribution < 1.29 is 17.6 Å². The highest BCUT2D eigenvalue weighted by Gasteiger charge is 2.28. The van der Waals surface area contributed by atoms with Crippen LogP contribution in [0.1, 0.15) is 42.4 Å². The van der Waals surface area contributed by atoms with Crippen LogP contribution in [-0.4, -0.2) is 37.4 Å². The van der Waals surface area contributed by atoms with Gasteiger partial charge in [0.2, 0.25) is 0 Å². The van der Waals surface area contributed by atoms with Gasteiger partial charge >= 0.3 is 0 Å². The van der Waals surface area contributed by atoms with Crippen molar-refractivity contribution in [3.63, 3.8) is 0 Å². The van der Waals surface area contributed by atoms with E-state index >= 15 is 0 Å². The van der Waals surface area contributed by atoms with Crippen LogP contribution in [0.4, 0.5) is 0 Å². The Morgan fingerprint density at radius 3 is 2.87 bits per heavy atom. The molecule has 2 aromatic rings. The quantitative estimate of drug-likeness (QED) is 0.923. The van der Waals surface area contributed by atoms with E-state index in [1.807, 2.05) is 13.8 Å². The number of aromatic nitrogens is 1. The zero-order valence-corrected chi connectivity index (χ0v) is 14.0. The number of amides is 1. The van der Waals surface area contributed by atoms with Gasteiger partial charge in [-0.1, -0.05) is 13.8 Å². The Morgan fingerprint density at radius 1 is 1.43 bits per heavy atom. The summed E-state index contributed by atoms with van der Waals surface area (Å²) in [5.41, 5.74) is 1.82. The van der Waals surface area contributed by atoms with Gasteiger partial charge in [0.05, 0.1) is 11.5 Å². The third-order valence-corrected chi connectivity index (χ3v) is 5.88. The minimum Gasteiger partial charge on any atom is -0.440 e. The molecule has 1 amide bonds. The molecule has 0 spiro atoms. The van der Waals surface area contributed by atoms with E-state index in [-0.39, 0.29) is 29.2 Å². The second-order valence-electron chi connectivity index (χ2n) is 6.37. The molecule has 1 fully saturated rings. The molecule has 2 heterocycles. The second-order valence-corrected chi connectivity index (χ2v) is 8.60. The number of benzene rings is 1. The summed E-state index contributed by atoms with van der Waals surface area (Å²) in [6.07, 6.45) is 0.614. The van der Waals surface area contributed by atoms with E-state index in [1.54, 1.807) is 18.2 Å². The molecule has 1 saturated heterocycles. The highest BCUT2D eigenvalue weighted by Crippen LogP contribution is 2.22. The molecule has 0 aliphatic carbocycles. The molecule has 7 heteroatoms. The maximum atomic E-state index is 12.2. The summed E-state index contributed by atoms with van der Waals surface area (Å²) < 4.78 is 28.5. The molecule has 1 aromatic heterocycles. The van der Waals surface area contributed by atoms with Crippen molar-refractivity contribution in [1.29, 1.82) is 0 Å². The van der Waals surface area contributed by atoms with Gasteiger partial charge in [0.1, 0.15) is 5.52 Å². The van der Waals surface area contributed by atoms with E-state index in [0.717, 1.165) is 0 Å². The Bertz CT molecular complexity index is 839. The number of hydrogen-bond acceptors (Lipinski definition) is 5. The van der Waals surface area contributed by atoms with Crippen LogP contribution < -0.4 is 5.32 Å². The lowest BCUT2D eigenvalue weighted by Gasteiger charge is -2.09. The van der Waals surface area contributed by atoms with E-state index < -0.39 is 9.84 Å². The van der Waals surface area contributed by atoms with Gasteiger partial charge < -0.3 is 9.73 Å². The average Bonchev–Trinajstić information content (AvgIpc) is 3.06. The molecule has 0 bridgehead atoms. The predicted octanol–water partition coefficient (Wildman–Crippen LogP) is 2.12. The molecule has 6 nitrogen and oxygen atoms in total. The van der Waals surface area contributed by atoms with Gasteiger partial charge in [-0.25, -0.2) is 13.4 Å².